The minimum Gasteiger partial charge on any atom is -0.467 e. The van der Waals surface area contributed by atoms with Gasteiger partial charge in [-0.1, -0.05) is 0 Å². The number of nitrogens with two attached hydrogens (primary N) is 1. The number of aromatic nitrogens is 2. The SMILES string of the molecule is Cc1c(C#N)c(NC(=O)Cn2cc([N+](=O)[O-])cc(C(N)=O)c2=O)n(Cc2ccco2)c1C. The number of anilines is 1. The highest BCUT2D eigenvalue weighted by molar-refractivity contribution is 5.94. The van der Waals surface area contributed by atoms with E-state index >= 15 is 0 Å². The van der Waals surface area contributed by atoms with Crippen LogP contribution in [-0.4, -0.2) is 25.9 Å². The first kappa shape index (κ1) is 22.0. The van der Waals surface area contributed by atoms with Gasteiger partial charge in [-0.05, 0) is 31.5 Å². The Morgan fingerprint density at radius 3 is 2.66 bits per heavy atom. The quantitative estimate of drug-likeness (QED) is 0.413. The molecule has 0 atom stereocenters. The molecule has 12 heteroatoms. The molecule has 0 fully saturated rings. The third-order valence-corrected chi connectivity index (χ3v) is 4.95. The van der Waals surface area contributed by atoms with Gasteiger partial charge in [-0.15, -0.1) is 0 Å². The molecule has 3 heterocycles. The number of furan rings is 1. The molecule has 0 aliphatic carbocycles. The number of pyridine rings is 1. The van der Waals surface area contributed by atoms with Crippen LogP contribution in [-0.2, 0) is 17.9 Å². The Kier molecular flexibility index (Phi) is 5.92. The second-order valence-corrected chi connectivity index (χ2v) is 6.93. The van der Waals surface area contributed by atoms with Crippen LogP contribution in [0.3, 0.4) is 0 Å². The second kappa shape index (κ2) is 8.60. The van der Waals surface area contributed by atoms with E-state index in [-0.39, 0.29) is 17.9 Å². The Balaban J connectivity index is 1.98. The van der Waals surface area contributed by atoms with Crippen molar-refractivity contribution < 1.29 is 18.9 Å². The van der Waals surface area contributed by atoms with E-state index in [0.29, 0.717) is 11.3 Å². The molecule has 0 aliphatic heterocycles. The molecule has 32 heavy (non-hydrogen) atoms. The van der Waals surface area contributed by atoms with E-state index in [4.69, 9.17) is 10.2 Å². The van der Waals surface area contributed by atoms with Gasteiger partial charge in [0.25, 0.3) is 17.2 Å². The summed E-state index contributed by atoms with van der Waals surface area (Å²) in [7, 11) is 0. The van der Waals surface area contributed by atoms with Gasteiger partial charge in [0.1, 0.15) is 29.8 Å². The summed E-state index contributed by atoms with van der Waals surface area (Å²) in [5, 5.41) is 23.3. The average molecular weight is 438 g/mol. The van der Waals surface area contributed by atoms with Crippen LogP contribution >= 0.6 is 0 Å². The lowest BCUT2D eigenvalue weighted by Gasteiger charge is -2.13. The van der Waals surface area contributed by atoms with Crippen LogP contribution in [0.1, 0.15) is 32.9 Å². The predicted octanol–water partition coefficient (Wildman–Crippen LogP) is 1.43. The minimum atomic E-state index is -1.15. The molecule has 12 nitrogen and oxygen atoms in total. The number of carbonyl (C=O) groups excluding carboxylic acids is 2. The molecule has 164 valence electrons. The first-order valence-corrected chi connectivity index (χ1v) is 9.24. The van der Waals surface area contributed by atoms with E-state index < -0.39 is 40.1 Å². The number of nitro groups is 1. The van der Waals surface area contributed by atoms with Gasteiger partial charge in [0.15, 0.2) is 0 Å². The molecule has 0 aromatic carbocycles. The highest BCUT2D eigenvalue weighted by Gasteiger charge is 2.22. The van der Waals surface area contributed by atoms with Crippen LogP contribution in [0.5, 0.6) is 0 Å². The van der Waals surface area contributed by atoms with Crippen molar-refractivity contribution in [3.63, 3.8) is 0 Å². The monoisotopic (exact) mass is 438 g/mol. The average Bonchev–Trinajstić information content (AvgIpc) is 3.32. The molecule has 0 bridgehead atoms. The second-order valence-electron chi connectivity index (χ2n) is 6.93. The molecule has 0 radical (unpaired) electrons. The molecule has 2 amide bonds. The van der Waals surface area contributed by atoms with E-state index in [0.717, 1.165) is 22.5 Å². The van der Waals surface area contributed by atoms with Crippen LogP contribution in [0, 0.1) is 35.3 Å². The molecule has 3 rings (SSSR count). The third-order valence-electron chi connectivity index (χ3n) is 4.95. The molecule has 0 saturated heterocycles. The van der Waals surface area contributed by atoms with Crippen molar-refractivity contribution in [2.45, 2.75) is 26.9 Å². The normalized spacial score (nSPS) is 10.5. The maximum absolute atomic E-state index is 12.7. The fourth-order valence-corrected chi connectivity index (χ4v) is 3.23. The van der Waals surface area contributed by atoms with E-state index in [1.807, 2.05) is 6.07 Å². The number of primary amides is 1. The fraction of sp³-hybridized carbons (Fsp3) is 0.200. The van der Waals surface area contributed by atoms with Gasteiger partial charge < -0.3 is 20.0 Å². The van der Waals surface area contributed by atoms with Gasteiger partial charge in [0, 0.05) is 11.8 Å². The van der Waals surface area contributed by atoms with Gasteiger partial charge in [0.05, 0.1) is 29.5 Å². The smallest absolute Gasteiger partial charge is 0.286 e. The summed E-state index contributed by atoms with van der Waals surface area (Å²) in [4.78, 5) is 47.0. The molecular formula is C20H18N6O6. The molecule has 3 aromatic rings. The Bertz CT molecular complexity index is 1330. The van der Waals surface area contributed by atoms with Crippen LogP contribution in [0.2, 0.25) is 0 Å². The van der Waals surface area contributed by atoms with Crippen molar-refractivity contribution in [3.8, 4) is 6.07 Å². The van der Waals surface area contributed by atoms with E-state index in [9.17, 15) is 29.8 Å². The molecule has 0 spiro atoms. The van der Waals surface area contributed by atoms with Crippen molar-refractivity contribution in [2.75, 3.05) is 5.32 Å². The highest BCUT2D eigenvalue weighted by atomic mass is 16.6. The number of nitrogens with zero attached hydrogens (tertiary/aromatic N) is 4. The number of rotatable bonds is 7. The zero-order valence-corrected chi connectivity index (χ0v) is 17.1. The Morgan fingerprint density at radius 1 is 1.38 bits per heavy atom. The zero-order chi connectivity index (χ0) is 23.6. The van der Waals surface area contributed by atoms with Crippen molar-refractivity contribution in [3.05, 3.63) is 79.3 Å². The standard InChI is InChI=1S/C20H18N6O6/c1-11-12(2)25(9-14-4-3-5-32-14)19(16(11)7-21)23-17(27)10-24-8-13(26(30)31)6-15(18(22)28)20(24)29/h3-6,8H,9-10H2,1-2H3,(H2,22,28)(H,23,27). The summed E-state index contributed by atoms with van der Waals surface area (Å²) >= 11 is 0. The summed E-state index contributed by atoms with van der Waals surface area (Å²) in [6.07, 6.45) is 2.34. The van der Waals surface area contributed by atoms with Crippen molar-refractivity contribution >= 4 is 23.3 Å². The van der Waals surface area contributed by atoms with Crippen LogP contribution in [0.25, 0.3) is 0 Å². The minimum absolute atomic E-state index is 0.192. The summed E-state index contributed by atoms with van der Waals surface area (Å²) < 4.78 is 7.75. The van der Waals surface area contributed by atoms with Gasteiger partial charge in [-0.2, -0.15) is 5.26 Å². The van der Waals surface area contributed by atoms with Gasteiger partial charge in [-0.25, -0.2) is 0 Å². The van der Waals surface area contributed by atoms with Crippen LogP contribution in [0.4, 0.5) is 11.5 Å². The maximum atomic E-state index is 12.7. The largest absolute Gasteiger partial charge is 0.467 e. The van der Waals surface area contributed by atoms with Crippen LogP contribution < -0.4 is 16.6 Å². The first-order chi connectivity index (χ1) is 15.1. The topological polar surface area (TPSA) is 179 Å². The summed E-state index contributed by atoms with van der Waals surface area (Å²) in [5.41, 5.74) is 4.59. The Morgan fingerprint density at radius 2 is 2.09 bits per heavy atom. The van der Waals surface area contributed by atoms with Crippen molar-refractivity contribution in [1.29, 1.82) is 5.26 Å². The first-order valence-electron chi connectivity index (χ1n) is 9.24. The Labute approximate surface area is 180 Å². The number of hydrogen-bond acceptors (Lipinski definition) is 7. The van der Waals surface area contributed by atoms with Crippen molar-refractivity contribution in [1.82, 2.24) is 9.13 Å². The molecular weight excluding hydrogens is 420 g/mol. The lowest BCUT2D eigenvalue weighted by molar-refractivity contribution is -0.385. The zero-order valence-electron chi connectivity index (χ0n) is 17.1. The van der Waals surface area contributed by atoms with Gasteiger partial charge in [0.2, 0.25) is 5.91 Å². The molecule has 3 N–H and O–H groups in total. The number of hydrogen-bond donors (Lipinski definition) is 2. The highest BCUT2D eigenvalue weighted by Crippen LogP contribution is 2.27. The lowest BCUT2D eigenvalue weighted by Crippen LogP contribution is -2.33. The third kappa shape index (κ3) is 4.12. The molecule has 0 unspecified atom stereocenters. The van der Waals surface area contributed by atoms with E-state index in [1.165, 1.54) is 6.26 Å². The summed E-state index contributed by atoms with van der Waals surface area (Å²) in [6.45, 7) is 3.10. The number of carbonyl (C=O) groups is 2. The maximum Gasteiger partial charge on any atom is 0.286 e. The number of nitriles is 1. The number of nitrogens with one attached hydrogen (secondary N) is 1. The molecule has 3 aromatic heterocycles. The molecule has 0 aliphatic rings. The van der Waals surface area contributed by atoms with Crippen molar-refractivity contribution in [2.24, 2.45) is 5.73 Å². The lowest BCUT2D eigenvalue weighted by atomic mass is 10.2. The molecule has 0 saturated carbocycles. The van der Waals surface area contributed by atoms with Gasteiger partial charge in [-0.3, -0.25) is 29.1 Å². The Hall–Kier alpha value is -4.66. The van der Waals surface area contributed by atoms with E-state index in [2.05, 4.69) is 5.32 Å². The number of amides is 2. The fourth-order valence-electron chi connectivity index (χ4n) is 3.23. The van der Waals surface area contributed by atoms with Gasteiger partial charge >= 0.3 is 0 Å². The summed E-state index contributed by atoms with van der Waals surface area (Å²) in [5.74, 6) is -1.11. The summed E-state index contributed by atoms with van der Waals surface area (Å²) in [6, 6.07) is 6.25. The van der Waals surface area contributed by atoms with E-state index in [1.54, 1.807) is 30.5 Å². The predicted molar refractivity (Wildman–Crippen MR) is 111 cm³/mol. The van der Waals surface area contributed by atoms with Crippen LogP contribution in [0.15, 0.2) is 39.9 Å².